The maximum absolute atomic E-state index is 13.0. The van der Waals surface area contributed by atoms with E-state index in [9.17, 15) is 18.0 Å². The third-order valence-corrected chi connectivity index (χ3v) is 8.74. The molecular formula is C20H26N4O5S2. The summed E-state index contributed by atoms with van der Waals surface area (Å²) in [5.41, 5.74) is 1.44. The third kappa shape index (κ3) is 4.26. The number of nitrogens with one attached hydrogen (secondary N) is 1. The molecule has 4 rings (SSSR count). The van der Waals surface area contributed by atoms with E-state index in [2.05, 4.69) is 10.4 Å². The number of esters is 1. The number of aryl methyl sites for hydroxylation is 2. The van der Waals surface area contributed by atoms with Crippen molar-refractivity contribution in [1.29, 1.82) is 0 Å². The number of piperidine rings is 1. The minimum atomic E-state index is -3.71. The van der Waals surface area contributed by atoms with Crippen LogP contribution >= 0.6 is 11.3 Å². The molecule has 0 aromatic carbocycles. The molecule has 168 valence electrons. The molecule has 9 nitrogen and oxygen atoms in total. The van der Waals surface area contributed by atoms with Crippen molar-refractivity contribution in [3.05, 3.63) is 28.4 Å². The van der Waals surface area contributed by atoms with Crippen LogP contribution in [-0.2, 0) is 39.4 Å². The number of nitrogens with zero attached hydrogens (tertiary/aromatic N) is 3. The molecule has 2 aromatic heterocycles. The van der Waals surface area contributed by atoms with Gasteiger partial charge in [-0.05, 0) is 44.6 Å². The first kappa shape index (κ1) is 22.0. The zero-order valence-corrected chi connectivity index (χ0v) is 19.2. The molecule has 0 bridgehead atoms. The average Bonchev–Trinajstić information content (AvgIpc) is 3.44. The number of amides is 1. The van der Waals surface area contributed by atoms with E-state index in [1.807, 2.05) is 0 Å². The molecule has 2 aromatic rings. The molecular weight excluding hydrogens is 440 g/mol. The highest BCUT2D eigenvalue weighted by Gasteiger charge is 2.35. The van der Waals surface area contributed by atoms with Gasteiger partial charge < -0.3 is 10.1 Å². The molecule has 31 heavy (non-hydrogen) atoms. The fraction of sp³-hybridized carbons (Fsp3) is 0.550. The lowest BCUT2D eigenvalue weighted by Gasteiger charge is -2.30. The summed E-state index contributed by atoms with van der Waals surface area (Å²) in [5, 5.41) is 7.36. The number of ether oxygens (including phenoxy) is 1. The number of fused-ring (bicyclic) bond motifs is 1. The second-order valence-corrected chi connectivity index (χ2v) is 10.9. The van der Waals surface area contributed by atoms with E-state index in [0.717, 1.165) is 29.7 Å². The van der Waals surface area contributed by atoms with Crippen LogP contribution < -0.4 is 5.32 Å². The zero-order valence-electron chi connectivity index (χ0n) is 17.6. The van der Waals surface area contributed by atoms with Gasteiger partial charge in [-0.2, -0.15) is 9.40 Å². The van der Waals surface area contributed by atoms with E-state index in [1.54, 1.807) is 14.0 Å². The maximum Gasteiger partial charge on any atom is 0.341 e. The van der Waals surface area contributed by atoms with Gasteiger partial charge in [-0.25, -0.2) is 13.2 Å². The molecule has 0 saturated carbocycles. The second kappa shape index (κ2) is 8.71. The lowest BCUT2D eigenvalue weighted by Crippen LogP contribution is -2.43. The summed E-state index contributed by atoms with van der Waals surface area (Å²) < 4.78 is 33.8. The normalized spacial score (nSPS) is 19.2. The Bertz CT molecular complexity index is 1110. The Hall–Kier alpha value is -2.24. The SMILES string of the molecule is CCOC(=O)c1c(NC(=O)[C@H]2CCCN(S(=O)(=O)c3cnn(C)c3)C2)sc2c1CCC2. The quantitative estimate of drug-likeness (QED) is 0.654. The van der Waals surface area contributed by atoms with Gasteiger partial charge in [-0.1, -0.05) is 0 Å². The molecule has 0 unspecified atom stereocenters. The third-order valence-electron chi connectivity index (χ3n) is 5.71. The molecule has 1 aliphatic heterocycles. The van der Waals surface area contributed by atoms with Gasteiger partial charge in [-0.3, -0.25) is 9.48 Å². The second-order valence-electron chi connectivity index (χ2n) is 7.82. The van der Waals surface area contributed by atoms with Crippen molar-refractivity contribution in [1.82, 2.24) is 14.1 Å². The molecule has 1 atom stereocenters. The lowest BCUT2D eigenvalue weighted by atomic mass is 9.99. The summed E-state index contributed by atoms with van der Waals surface area (Å²) in [4.78, 5) is 26.8. The van der Waals surface area contributed by atoms with Crippen LogP contribution in [0.5, 0.6) is 0 Å². The number of thiophene rings is 1. The Morgan fingerprint density at radius 2 is 2.13 bits per heavy atom. The first-order valence-electron chi connectivity index (χ1n) is 10.4. The number of rotatable bonds is 6. The van der Waals surface area contributed by atoms with E-state index >= 15 is 0 Å². The van der Waals surface area contributed by atoms with E-state index < -0.39 is 21.9 Å². The lowest BCUT2D eigenvalue weighted by molar-refractivity contribution is -0.120. The fourth-order valence-electron chi connectivity index (χ4n) is 4.18. The fourth-order valence-corrected chi connectivity index (χ4v) is 6.97. The minimum Gasteiger partial charge on any atom is -0.462 e. The maximum atomic E-state index is 13.0. The smallest absolute Gasteiger partial charge is 0.341 e. The molecule has 3 heterocycles. The van der Waals surface area contributed by atoms with Crippen molar-refractivity contribution in [3.63, 3.8) is 0 Å². The van der Waals surface area contributed by atoms with Gasteiger partial charge >= 0.3 is 5.97 Å². The Balaban J connectivity index is 1.51. The van der Waals surface area contributed by atoms with Gasteiger partial charge in [-0.15, -0.1) is 11.3 Å². The zero-order chi connectivity index (χ0) is 22.2. The van der Waals surface area contributed by atoms with Crippen molar-refractivity contribution in [3.8, 4) is 0 Å². The number of hydrogen-bond acceptors (Lipinski definition) is 7. The van der Waals surface area contributed by atoms with Crippen molar-refractivity contribution in [2.45, 2.75) is 43.9 Å². The van der Waals surface area contributed by atoms with E-state index in [4.69, 9.17) is 4.74 Å². The first-order valence-corrected chi connectivity index (χ1v) is 12.7. The van der Waals surface area contributed by atoms with Crippen LogP contribution in [0.25, 0.3) is 0 Å². The molecule has 1 N–H and O–H groups in total. The first-order chi connectivity index (χ1) is 14.8. The van der Waals surface area contributed by atoms with Crippen molar-refractivity contribution in [2.24, 2.45) is 13.0 Å². The van der Waals surface area contributed by atoms with Crippen molar-refractivity contribution in [2.75, 3.05) is 25.0 Å². The standard InChI is InChI=1S/C20H26N4O5S2/c1-3-29-20(26)17-15-7-4-8-16(15)30-19(17)22-18(25)13-6-5-9-24(11-13)31(27,28)14-10-21-23(2)12-14/h10,12-13H,3-9,11H2,1-2H3,(H,22,25)/t13-/m0/s1. The summed E-state index contributed by atoms with van der Waals surface area (Å²) in [6, 6.07) is 0. The highest BCUT2D eigenvalue weighted by molar-refractivity contribution is 7.89. The highest BCUT2D eigenvalue weighted by atomic mass is 32.2. The Labute approximate surface area is 185 Å². The molecule has 1 fully saturated rings. The Kier molecular flexibility index (Phi) is 6.18. The van der Waals surface area contributed by atoms with Gasteiger partial charge in [0.1, 0.15) is 9.90 Å². The van der Waals surface area contributed by atoms with Gasteiger partial charge in [0, 0.05) is 31.2 Å². The molecule has 1 saturated heterocycles. The summed E-state index contributed by atoms with van der Waals surface area (Å²) in [5.74, 6) is -1.18. The van der Waals surface area contributed by atoms with E-state index in [0.29, 0.717) is 30.0 Å². The largest absolute Gasteiger partial charge is 0.462 e. The molecule has 1 aliphatic carbocycles. The van der Waals surface area contributed by atoms with Crippen molar-refractivity contribution >= 4 is 38.2 Å². The van der Waals surface area contributed by atoms with Gasteiger partial charge in [0.25, 0.3) is 0 Å². The van der Waals surface area contributed by atoms with Crippen LogP contribution in [0.4, 0.5) is 5.00 Å². The summed E-state index contributed by atoms with van der Waals surface area (Å²) in [7, 11) is -2.05. The van der Waals surface area contributed by atoms with Crippen LogP contribution in [-0.4, -0.2) is 54.1 Å². The van der Waals surface area contributed by atoms with E-state index in [1.165, 1.54) is 32.7 Å². The summed E-state index contributed by atoms with van der Waals surface area (Å²) in [6.07, 6.45) is 6.63. The molecule has 0 spiro atoms. The summed E-state index contributed by atoms with van der Waals surface area (Å²) >= 11 is 1.43. The van der Waals surface area contributed by atoms with Crippen molar-refractivity contribution < 1.29 is 22.7 Å². The molecule has 1 amide bonds. The number of aromatic nitrogens is 2. The van der Waals surface area contributed by atoms with Crippen LogP contribution in [0, 0.1) is 5.92 Å². The minimum absolute atomic E-state index is 0.100. The number of carbonyl (C=O) groups excluding carboxylic acids is 2. The predicted molar refractivity (Wildman–Crippen MR) is 116 cm³/mol. The van der Waals surface area contributed by atoms with Crippen LogP contribution in [0.3, 0.4) is 0 Å². The number of sulfonamides is 1. The van der Waals surface area contributed by atoms with Gasteiger partial charge in [0.05, 0.1) is 24.3 Å². The highest BCUT2D eigenvalue weighted by Crippen LogP contribution is 2.40. The predicted octanol–water partition coefficient (Wildman–Crippen LogP) is 2.19. The molecule has 2 aliphatic rings. The monoisotopic (exact) mass is 466 g/mol. The Morgan fingerprint density at radius 3 is 2.84 bits per heavy atom. The van der Waals surface area contributed by atoms with Gasteiger partial charge in [0.15, 0.2) is 0 Å². The van der Waals surface area contributed by atoms with E-state index in [-0.39, 0.29) is 24.0 Å². The number of anilines is 1. The number of hydrogen-bond donors (Lipinski definition) is 1. The topological polar surface area (TPSA) is 111 Å². The average molecular weight is 467 g/mol. The summed E-state index contributed by atoms with van der Waals surface area (Å²) in [6.45, 7) is 2.48. The van der Waals surface area contributed by atoms with Gasteiger partial charge in [0.2, 0.25) is 15.9 Å². The van der Waals surface area contributed by atoms with Crippen LogP contribution in [0.2, 0.25) is 0 Å². The number of carbonyl (C=O) groups is 2. The molecule has 11 heteroatoms. The molecule has 0 radical (unpaired) electrons. The van der Waals surface area contributed by atoms with Crippen LogP contribution in [0.15, 0.2) is 17.3 Å². The van der Waals surface area contributed by atoms with Crippen LogP contribution in [0.1, 0.15) is 47.0 Å². The Morgan fingerprint density at radius 1 is 1.32 bits per heavy atom.